The fourth-order valence-corrected chi connectivity index (χ4v) is 3.29. The topological polar surface area (TPSA) is 61.4 Å². The van der Waals surface area contributed by atoms with E-state index >= 15 is 0 Å². The number of likely N-dealkylation sites (N-methyl/N-ethyl adjacent to an activating group) is 1. The van der Waals surface area contributed by atoms with Crippen LogP contribution in [0.25, 0.3) is 10.2 Å². The van der Waals surface area contributed by atoms with Crippen LogP contribution in [0.4, 0.5) is 5.82 Å². The molecule has 0 radical (unpaired) electrons. The molecular formula is C13H18ClN5OS. The molecule has 8 heteroatoms. The first-order valence-corrected chi connectivity index (χ1v) is 7.53. The molecule has 2 aromatic heterocycles. The number of nitrogens with one attached hydrogen (secondary N) is 1. The molecule has 114 valence electrons. The summed E-state index contributed by atoms with van der Waals surface area (Å²) in [7, 11) is 1.79. The summed E-state index contributed by atoms with van der Waals surface area (Å²) in [5, 5.41) is 4.94. The Morgan fingerprint density at radius 2 is 2.10 bits per heavy atom. The zero-order valence-corrected chi connectivity index (χ0v) is 13.4. The number of hydrogen-bond acceptors (Lipinski definition) is 6. The van der Waals surface area contributed by atoms with Crippen LogP contribution in [-0.2, 0) is 4.79 Å². The SMILES string of the molecule is CNCC(=O)N1CCN(c2ncnc3ccsc23)CC1.Cl. The van der Waals surface area contributed by atoms with Crippen molar-refractivity contribution in [1.29, 1.82) is 0 Å². The number of thiophene rings is 1. The Hall–Kier alpha value is -1.44. The maximum atomic E-state index is 11.8. The van der Waals surface area contributed by atoms with Gasteiger partial charge in [-0.15, -0.1) is 23.7 Å². The molecule has 1 amide bonds. The lowest BCUT2D eigenvalue weighted by atomic mass is 10.3. The van der Waals surface area contributed by atoms with Crippen molar-refractivity contribution in [2.45, 2.75) is 0 Å². The van der Waals surface area contributed by atoms with Crippen molar-refractivity contribution < 1.29 is 4.79 Å². The molecule has 0 atom stereocenters. The first kappa shape index (κ1) is 15.9. The number of halogens is 1. The second kappa shape index (κ2) is 7.02. The summed E-state index contributed by atoms with van der Waals surface area (Å²) in [6.07, 6.45) is 1.61. The van der Waals surface area contributed by atoms with E-state index in [-0.39, 0.29) is 18.3 Å². The van der Waals surface area contributed by atoms with Gasteiger partial charge in [-0.1, -0.05) is 0 Å². The summed E-state index contributed by atoms with van der Waals surface area (Å²) in [5.41, 5.74) is 0.994. The van der Waals surface area contributed by atoms with E-state index in [0.29, 0.717) is 6.54 Å². The number of carbonyl (C=O) groups excluding carboxylic acids is 1. The van der Waals surface area contributed by atoms with E-state index in [1.807, 2.05) is 16.3 Å². The highest BCUT2D eigenvalue weighted by molar-refractivity contribution is 7.17. The smallest absolute Gasteiger partial charge is 0.236 e. The molecule has 1 aliphatic rings. The van der Waals surface area contributed by atoms with Crippen LogP contribution >= 0.6 is 23.7 Å². The first-order valence-electron chi connectivity index (χ1n) is 6.65. The minimum Gasteiger partial charge on any atom is -0.352 e. The van der Waals surface area contributed by atoms with Gasteiger partial charge in [0.2, 0.25) is 5.91 Å². The van der Waals surface area contributed by atoms with Gasteiger partial charge in [0.15, 0.2) is 0 Å². The van der Waals surface area contributed by atoms with Gasteiger partial charge in [-0.3, -0.25) is 4.79 Å². The zero-order chi connectivity index (χ0) is 13.9. The Morgan fingerprint density at radius 3 is 2.81 bits per heavy atom. The number of fused-ring (bicyclic) bond motifs is 1. The van der Waals surface area contributed by atoms with Crippen LogP contribution in [0, 0.1) is 0 Å². The van der Waals surface area contributed by atoms with Crippen LogP contribution in [0.15, 0.2) is 17.8 Å². The van der Waals surface area contributed by atoms with Gasteiger partial charge < -0.3 is 15.1 Å². The first-order chi connectivity index (χ1) is 9.79. The molecule has 0 bridgehead atoms. The highest BCUT2D eigenvalue weighted by atomic mass is 35.5. The van der Waals surface area contributed by atoms with Crippen LogP contribution in [0.2, 0.25) is 0 Å². The summed E-state index contributed by atoms with van der Waals surface area (Å²) >= 11 is 1.67. The van der Waals surface area contributed by atoms with Gasteiger partial charge in [0, 0.05) is 26.2 Å². The van der Waals surface area contributed by atoms with Crippen molar-refractivity contribution in [3.8, 4) is 0 Å². The second-order valence-corrected chi connectivity index (χ2v) is 5.65. The Bertz CT molecular complexity index is 611. The Labute approximate surface area is 133 Å². The second-order valence-electron chi connectivity index (χ2n) is 4.73. The van der Waals surface area contributed by atoms with Crippen molar-refractivity contribution in [1.82, 2.24) is 20.2 Å². The molecule has 0 saturated carbocycles. The summed E-state index contributed by atoms with van der Waals surface area (Å²) in [6, 6.07) is 2.01. The van der Waals surface area contributed by atoms with Crippen LogP contribution in [0.3, 0.4) is 0 Å². The monoisotopic (exact) mass is 327 g/mol. The van der Waals surface area contributed by atoms with Gasteiger partial charge in [-0.05, 0) is 18.5 Å². The van der Waals surface area contributed by atoms with Crippen LogP contribution < -0.4 is 10.2 Å². The fraction of sp³-hybridized carbons (Fsp3) is 0.462. The van der Waals surface area contributed by atoms with Gasteiger partial charge >= 0.3 is 0 Å². The lowest BCUT2D eigenvalue weighted by Crippen LogP contribution is -2.50. The predicted octanol–water partition coefficient (Wildman–Crippen LogP) is 0.981. The van der Waals surface area contributed by atoms with E-state index < -0.39 is 0 Å². The van der Waals surface area contributed by atoms with Crippen molar-refractivity contribution in [3.63, 3.8) is 0 Å². The maximum Gasteiger partial charge on any atom is 0.236 e. The minimum atomic E-state index is 0. The van der Waals surface area contributed by atoms with Gasteiger partial charge in [0.1, 0.15) is 12.1 Å². The number of anilines is 1. The van der Waals surface area contributed by atoms with Crippen LogP contribution in [0.5, 0.6) is 0 Å². The van der Waals surface area contributed by atoms with Crippen LogP contribution in [0.1, 0.15) is 0 Å². The molecule has 3 rings (SSSR count). The van der Waals surface area contributed by atoms with Gasteiger partial charge in [0.05, 0.1) is 16.8 Å². The largest absolute Gasteiger partial charge is 0.352 e. The van der Waals surface area contributed by atoms with E-state index in [2.05, 4.69) is 20.2 Å². The normalized spacial score (nSPS) is 15.1. The fourth-order valence-electron chi connectivity index (χ4n) is 2.43. The van der Waals surface area contributed by atoms with Gasteiger partial charge in [-0.25, -0.2) is 9.97 Å². The van der Waals surface area contributed by atoms with Crippen molar-refractivity contribution >= 4 is 45.7 Å². The van der Waals surface area contributed by atoms with E-state index in [0.717, 1.165) is 42.2 Å². The summed E-state index contributed by atoms with van der Waals surface area (Å²) in [6.45, 7) is 3.54. The van der Waals surface area contributed by atoms with E-state index in [1.165, 1.54) is 0 Å². The molecule has 0 unspecified atom stereocenters. The molecule has 6 nitrogen and oxygen atoms in total. The number of carbonyl (C=O) groups is 1. The Kier molecular flexibility index (Phi) is 5.33. The lowest BCUT2D eigenvalue weighted by molar-refractivity contribution is -0.130. The molecule has 2 aromatic rings. The van der Waals surface area contributed by atoms with E-state index in [1.54, 1.807) is 24.7 Å². The van der Waals surface area contributed by atoms with Gasteiger partial charge in [0.25, 0.3) is 0 Å². The third kappa shape index (κ3) is 3.25. The Balaban J connectivity index is 0.00000161. The lowest BCUT2D eigenvalue weighted by Gasteiger charge is -2.35. The molecule has 1 fully saturated rings. The third-order valence-electron chi connectivity index (χ3n) is 3.48. The quantitative estimate of drug-likeness (QED) is 0.910. The molecule has 0 aliphatic carbocycles. The number of hydrogen-bond donors (Lipinski definition) is 1. The molecular weight excluding hydrogens is 310 g/mol. The van der Waals surface area contributed by atoms with Gasteiger partial charge in [-0.2, -0.15) is 0 Å². The molecule has 0 spiro atoms. The van der Waals surface area contributed by atoms with E-state index in [4.69, 9.17) is 0 Å². The number of aromatic nitrogens is 2. The molecule has 3 heterocycles. The average Bonchev–Trinajstić information content (AvgIpc) is 2.96. The van der Waals surface area contributed by atoms with Crippen LogP contribution in [-0.4, -0.2) is 60.5 Å². The summed E-state index contributed by atoms with van der Waals surface area (Å²) in [5.74, 6) is 1.15. The summed E-state index contributed by atoms with van der Waals surface area (Å²) < 4.78 is 1.13. The number of nitrogens with zero attached hydrogens (tertiary/aromatic N) is 4. The van der Waals surface area contributed by atoms with E-state index in [9.17, 15) is 4.79 Å². The van der Waals surface area contributed by atoms with Crippen molar-refractivity contribution in [2.75, 3.05) is 44.7 Å². The predicted molar refractivity (Wildman–Crippen MR) is 87.4 cm³/mol. The zero-order valence-electron chi connectivity index (χ0n) is 11.8. The number of rotatable bonds is 3. The van der Waals surface area contributed by atoms with Crippen molar-refractivity contribution in [2.24, 2.45) is 0 Å². The minimum absolute atomic E-state index is 0. The average molecular weight is 328 g/mol. The highest BCUT2D eigenvalue weighted by Gasteiger charge is 2.22. The molecule has 0 aromatic carbocycles. The Morgan fingerprint density at radius 1 is 1.33 bits per heavy atom. The highest BCUT2D eigenvalue weighted by Crippen LogP contribution is 2.28. The molecule has 1 aliphatic heterocycles. The maximum absolute atomic E-state index is 11.8. The number of amides is 1. The van der Waals surface area contributed by atoms with Crippen molar-refractivity contribution in [3.05, 3.63) is 17.8 Å². The summed E-state index contributed by atoms with van der Waals surface area (Å²) in [4.78, 5) is 24.7. The molecule has 1 saturated heterocycles. The molecule has 21 heavy (non-hydrogen) atoms. The molecule has 1 N–H and O–H groups in total. The number of piperazine rings is 1. The standard InChI is InChI=1S/C13H17N5OS.ClH/c1-14-8-11(19)17-3-5-18(6-4-17)13-12-10(2-7-20-12)15-9-16-13;/h2,7,9,14H,3-6,8H2,1H3;1H. The third-order valence-corrected chi connectivity index (χ3v) is 4.38.